The van der Waals surface area contributed by atoms with Crippen LogP contribution in [-0.4, -0.2) is 43.8 Å². The topological polar surface area (TPSA) is 16.6 Å². The van der Waals surface area contributed by atoms with Gasteiger partial charge in [0.05, 0.1) is 26.2 Å². The predicted molar refractivity (Wildman–Crippen MR) is 54.1 cm³/mol. The number of hydrogen-bond donors (Lipinski definition) is 1. The van der Waals surface area contributed by atoms with Gasteiger partial charge in [-0.25, -0.2) is 0 Å². The molecule has 0 spiro atoms. The van der Waals surface area contributed by atoms with Crippen molar-refractivity contribution in [2.45, 2.75) is 27.7 Å². The molecule has 2 nitrogen and oxygen atoms in total. The highest BCUT2D eigenvalue weighted by Gasteiger charge is 2.20. The molecule has 0 heterocycles. The number of nitrogens with zero attached hydrogens (tertiary/aromatic N) is 1. The zero-order chi connectivity index (χ0) is 9.45. The van der Waals surface area contributed by atoms with Gasteiger partial charge < -0.3 is 43.8 Å². The van der Waals surface area contributed by atoms with Gasteiger partial charge in [-0.2, -0.15) is 0 Å². The first-order valence-electron chi connectivity index (χ1n) is 5.41. The minimum absolute atomic E-state index is 0. The third kappa shape index (κ3) is 7.21. The molecular formula is C10H26Br2N2. The molecule has 14 heavy (non-hydrogen) atoms. The lowest BCUT2D eigenvalue weighted by Crippen LogP contribution is -3.00. The van der Waals surface area contributed by atoms with E-state index >= 15 is 0 Å². The van der Waals surface area contributed by atoms with E-state index in [0.717, 1.165) is 0 Å². The third-order valence-electron chi connectivity index (χ3n) is 3.11. The van der Waals surface area contributed by atoms with Gasteiger partial charge in [-0.15, -0.1) is 0 Å². The van der Waals surface area contributed by atoms with Gasteiger partial charge in [0.2, 0.25) is 0 Å². The molecule has 0 amide bonds. The molecule has 90 valence electrons. The number of likely N-dealkylation sites (N-methyl/N-ethyl adjacent to an activating group) is 2. The zero-order valence-electron chi connectivity index (χ0n) is 10.0. The fourth-order valence-electron chi connectivity index (χ4n) is 1.71. The first-order valence-corrected chi connectivity index (χ1v) is 5.41. The summed E-state index contributed by atoms with van der Waals surface area (Å²) in [6.07, 6.45) is 0. The Bertz CT molecular complexity index is 98.0. The predicted octanol–water partition coefficient (Wildman–Crippen LogP) is -5.55. The summed E-state index contributed by atoms with van der Waals surface area (Å²) in [5, 5.41) is 2.40. The van der Waals surface area contributed by atoms with E-state index in [2.05, 4.69) is 33.0 Å². The van der Waals surface area contributed by atoms with E-state index in [1.54, 1.807) is 0 Å². The van der Waals surface area contributed by atoms with E-state index in [0.29, 0.717) is 0 Å². The minimum Gasteiger partial charge on any atom is -1.00 e. The van der Waals surface area contributed by atoms with Gasteiger partial charge in [0.25, 0.3) is 0 Å². The number of quaternary nitrogens is 2. The maximum absolute atomic E-state index is 2.40. The van der Waals surface area contributed by atoms with Gasteiger partial charge in [-0.05, 0) is 27.7 Å². The molecule has 0 aliphatic heterocycles. The van der Waals surface area contributed by atoms with E-state index in [1.165, 1.54) is 43.8 Å². The van der Waals surface area contributed by atoms with E-state index in [-0.39, 0.29) is 34.0 Å². The highest BCUT2D eigenvalue weighted by Crippen LogP contribution is 2.03. The summed E-state index contributed by atoms with van der Waals surface area (Å²) in [5.74, 6) is 0. The van der Waals surface area contributed by atoms with Crippen LogP contribution in [0.25, 0.3) is 0 Å². The number of hydrogen-bond acceptors (Lipinski definition) is 0. The quantitative estimate of drug-likeness (QED) is 0.353. The van der Waals surface area contributed by atoms with Crippen molar-refractivity contribution in [3.8, 4) is 0 Å². The molecular weight excluding hydrogens is 308 g/mol. The lowest BCUT2D eigenvalue weighted by Gasteiger charge is -2.34. The Kier molecular flexibility index (Phi) is 17.3. The summed E-state index contributed by atoms with van der Waals surface area (Å²) >= 11 is 0. The van der Waals surface area contributed by atoms with Crippen LogP contribution in [0.4, 0.5) is 0 Å². The molecule has 0 aromatic rings. The van der Waals surface area contributed by atoms with Crippen molar-refractivity contribution in [3.05, 3.63) is 0 Å². The smallest absolute Gasteiger partial charge is 0.128 e. The van der Waals surface area contributed by atoms with Gasteiger partial charge in [0, 0.05) is 0 Å². The molecule has 0 radical (unpaired) electrons. The van der Waals surface area contributed by atoms with Gasteiger partial charge >= 0.3 is 0 Å². The maximum atomic E-state index is 2.40. The number of halogens is 2. The van der Waals surface area contributed by atoms with E-state index < -0.39 is 0 Å². The van der Waals surface area contributed by atoms with Crippen LogP contribution in [0.5, 0.6) is 0 Å². The largest absolute Gasteiger partial charge is 1.00 e. The summed E-state index contributed by atoms with van der Waals surface area (Å²) in [4.78, 5) is 0. The van der Waals surface area contributed by atoms with Crippen LogP contribution in [0.1, 0.15) is 27.7 Å². The molecule has 0 atom stereocenters. The molecule has 0 rings (SSSR count). The zero-order valence-corrected chi connectivity index (χ0v) is 13.2. The van der Waals surface area contributed by atoms with Crippen molar-refractivity contribution < 1.29 is 43.8 Å². The van der Waals surface area contributed by atoms with Crippen molar-refractivity contribution in [1.29, 1.82) is 0 Å². The average Bonchev–Trinajstić information content (AvgIpc) is 2.14. The summed E-state index contributed by atoms with van der Waals surface area (Å²) in [7, 11) is 0. The molecule has 0 aliphatic rings. The molecule has 0 aromatic heterocycles. The summed E-state index contributed by atoms with van der Waals surface area (Å²) < 4.78 is 1.29. The summed E-state index contributed by atoms with van der Waals surface area (Å²) in [6.45, 7) is 16.8. The lowest BCUT2D eigenvalue weighted by atomic mass is 10.3. The van der Waals surface area contributed by atoms with E-state index in [1.807, 2.05) is 0 Å². The second-order valence-electron chi connectivity index (χ2n) is 3.50. The van der Waals surface area contributed by atoms with Crippen LogP contribution >= 0.6 is 0 Å². The molecule has 0 unspecified atom stereocenters. The fraction of sp³-hybridized carbons (Fsp3) is 1.00. The van der Waals surface area contributed by atoms with E-state index in [4.69, 9.17) is 0 Å². The van der Waals surface area contributed by atoms with Gasteiger partial charge in [0.15, 0.2) is 0 Å². The minimum atomic E-state index is 0. The monoisotopic (exact) mass is 332 g/mol. The van der Waals surface area contributed by atoms with Crippen molar-refractivity contribution in [3.63, 3.8) is 0 Å². The normalized spacial score (nSPS) is 10.3. The van der Waals surface area contributed by atoms with E-state index in [9.17, 15) is 0 Å². The maximum Gasteiger partial charge on any atom is 0.128 e. The third-order valence-corrected chi connectivity index (χ3v) is 3.11. The lowest BCUT2D eigenvalue weighted by molar-refractivity contribution is -0.933. The Morgan fingerprint density at radius 1 is 0.857 bits per heavy atom. The SMILES string of the molecule is CC[NH2+]CC[N+](CC)(CC)CC.[Br-].[Br-]. The van der Waals surface area contributed by atoms with Crippen LogP contribution in [0.15, 0.2) is 0 Å². The molecule has 0 bridgehead atoms. The number of nitrogens with two attached hydrogens (primary N) is 1. The second kappa shape index (κ2) is 12.0. The molecule has 0 fully saturated rings. The Morgan fingerprint density at radius 3 is 1.57 bits per heavy atom. The molecule has 0 aromatic carbocycles. The molecule has 0 saturated carbocycles. The highest BCUT2D eigenvalue weighted by atomic mass is 79.9. The average molecular weight is 334 g/mol. The van der Waals surface area contributed by atoms with Crippen molar-refractivity contribution >= 4 is 0 Å². The first kappa shape index (κ1) is 20.3. The Hall–Kier alpha value is 0.880. The number of rotatable bonds is 7. The molecule has 0 saturated heterocycles. The fourth-order valence-corrected chi connectivity index (χ4v) is 1.71. The van der Waals surface area contributed by atoms with Crippen molar-refractivity contribution in [1.82, 2.24) is 0 Å². The van der Waals surface area contributed by atoms with Crippen LogP contribution in [0.3, 0.4) is 0 Å². The Labute approximate surface area is 111 Å². The standard InChI is InChI=1S/C10H25N2.2BrH/c1-5-11-9-10-12(6-2,7-3)8-4;;/h11H,5-10H2,1-4H3;2*1H/q+1;;/p-1. The van der Waals surface area contributed by atoms with Crippen molar-refractivity contribution in [2.24, 2.45) is 0 Å². The van der Waals surface area contributed by atoms with Crippen LogP contribution < -0.4 is 39.3 Å². The molecule has 4 heteroatoms. The van der Waals surface area contributed by atoms with Crippen LogP contribution in [-0.2, 0) is 0 Å². The van der Waals surface area contributed by atoms with Crippen LogP contribution in [0, 0.1) is 0 Å². The highest BCUT2D eigenvalue weighted by molar-refractivity contribution is 4.35. The first-order chi connectivity index (χ1) is 5.74. The van der Waals surface area contributed by atoms with Gasteiger partial charge in [-0.3, -0.25) is 0 Å². The molecule has 2 N–H and O–H groups in total. The second-order valence-corrected chi connectivity index (χ2v) is 3.50. The Balaban J connectivity index is -0.000000605. The van der Waals surface area contributed by atoms with Gasteiger partial charge in [0.1, 0.15) is 13.1 Å². The Morgan fingerprint density at radius 2 is 1.29 bits per heavy atom. The molecule has 0 aliphatic carbocycles. The van der Waals surface area contributed by atoms with Crippen LogP contribution in [0.2, 0.25) is 0 Å². The van der Waals surface area contributed by atoms with Gasteiger partial charge in [-0.1, -0.05) is 0 Å². The van der Waals surface area contributed by atoms with Crippen molar-refractivity contribution in [2.75, 3.05) is 39.3 Å². The summed E-state index contributed by atoms with van der Waals surface area (Å²) in [6, 6.07) is 0. The summed E-state index contributed by atoms with van der Waals surface area (Å²) in [5.41, 5.74) is 0.